The monoisotopic (exact) mass is 387 g/mol. The molecule has 2 nitrogen and oxygen atoms in total. The summed E-state index contributed by atoms with van der Waals surface area (Å²) in [6.45, 7) is 2.87. The van der Waals surface area contributed by atoms with Crippen LogP contribution >= 0.6 is 39.1 Å². The average Bonchev–Trinajstić information content (AvgIpc) is 2.48. The highest BCUT2D eigenvalue weighted by atomic mass is 79.9. The Morgan fingerprint density at radius 3 is 2.57 bits per heavy atom. The van der Waals surface area contributed by atoms with Crippen LogP contribution in [0.25, 0.3) is 0 Å². The second kappa shape index (κ2) is 7.50. The van der Waals surface area contributed by atoms with E-state index in [-0.39, 0.29) is 6.04 Å². The van der Waals surface area contributed by atoms with Crippen molar-refractivity contribution >= 4 is 39.1 Å². The summed E-state index contributed by atoms with van der Waals surface area (Å²) in [7, 11) is 1.66. The number of halogens is 3. The topological polar surface area (TPSA) is 21.3 Å². The van der Waals surface area contributed by atoms with Crippen molar-refractivity contribution in [3.63, 3.8) is 0 Å². The molecular formula is C16H16BrCl2NO. The van der Waals surface area contributed by atoms with Gasteiger partial charge in [-0.25, -0.2) is 0 Å². The molecule has 1 atom stereocenters. The van der Waals surface area contributed by atoms with Gasteiger partial charge in [0.15, 0.2) is 0 Å². The number of hydrogen-bond donors (Lipinski definition) is 1. The van der Waals surface area contributed by atoms with Gasteiger partial charge in [-0.15, -0.1) is 0 Å². The quantitative estimate of drug-likeness (QED) is 0.733. The van der Waals surface area contributed by atoms with Crippen LogP contribution in [0.4, 0.5) is 0 Å². The smallest absolute Gasteiger partial charge is 0.124 e. The van der Waals surface area contributed by atoms with Crippen molar-refractivity contribution in [3.8, 4) is 5.75 Å². The zero-order chi connectivity index (χ0) is 15.4. The van der Waals surface area contributed by atoms with E-state index in [4.69, 9.17) is 27.9 Å². The molecule has 0 saturated carbocycles. The summed E-state index contributed by atoms with van der Waals surface area (Å²) in [6.07, 6.45) is 0. The molecule has 1 unspecified atom stereocenters. The fourth-order valence-corrected chi connectivity index (χ4v) is 2.85. The summed E-state index contributed by atoms with van der Waals surface area (Å²) in [6, 6.07) is 11.5. The molecule has 5 heteroatoms. The van der Waals surface area contributed by atoms with Gasteiger partial charge in [-0.1, -0.05) is 36.2 Å². The highest BCUT2D eigenvalue weighted by Crippen LogP contribution is 2.34. The Hall–Kier alpha value is -0.740. The van der Waals surface area contributed by atoms with Gasteiger partial charge in [0.25, 0.3) is 0 Å². The maximum Gasteiger partial charge on any atom is 0.124 e. The predicted octanol–water partition coefficient (Wildman–Crippen LogP) is 5.46. The zero-order valence-electron chi connectivity index (χ0n) is 11.8. The summed E-state index contributed by atoms with van der Waals surface area (Å²) in [5, 5.41) is 4.81. The molecule has 0 aliphatic heterocycles. The molecule has 0 radical (unpaired) electrons. The third-order valence-electron chi connectivity index (χ3n) is 3.19. The Morgan fingerprint density at radius 1 is 1.19 bits per heavy atom. The Labute approximate surface area is 143 Å². The summed E-state index contributed by atoms with van der Waals surface area (Å²) >= 11 is 15.8. The van der Waals surface area contributed by atoms with Crippen LogP contribution in [0.2, 0.25) is 10.0 Å². The minimum absolute atomic E-state index is 0.0331. The normalized spacial score (nSPS) is 12.2. The van der Waals surface area contributed by atoms with Gasteiger partial charge < -0.3 is 10.1 Å². The van der Waals surface area contributed by atoms with E-state index in [1.165, 1.54) is 0 Å². The highest BCUT2D eigenvalue weighted by molar-refractivity contribution is 9.10. The third kappa shape index (κ3) is 3.92. The SMILES string of the molecule is CCNC(c1ccc(Br)c(Cl)c1)c1cc(Cl)ccc1OC. The van der Waals surface area contributed by atoms with Crippen molar-refractivity contribution in [3.05, 3.63) is 62.0 Å². The molecule has 21 heavy (non-hydrogen) atoms. The molecule has 0 aliphatic rings. The number of rotatable bonds is 5. The number of benzene rings is 2. The van der Waals surface area contributed by atoms with Gasteiger partial charge in [0.2, 0.25) is 0 Å². The average molecular weight is 389 g/mol. The Morgan fingerprint density at radius 2 is 1.95 bits per heavy atom. The predicted molar refractivity (Wildman–Crippen MR) is 92.7 cm³/mol. The number of ether oxygens (including phenoxy) is 1. The standard InChI is InChI=1S/C16H16BrCl2NO/c1-3-20-16(10-4-6-13(17)14(19)8-10)12-9-11(18)5-7-15(12)21-2/h4-9,16,20H,3H2,1-2H3. The van der Waals surface area contributed by atoms with Crippen LogP contribution < -0.4 is 10.1 Å². The maximum absolute atomic E-state index is 6.22. The van der Waals surface area contributed by atoms with Crippen LogP contribution in [0.15, 0.2) is 40.9 Å². The van der Waals surface area contributed by atoms with E-state index in [1.807, 2.05) is 36.4 Å². The minimum Gasteiger partial charge on any atom is -0.496 e. The van der Waals surface area contributed by atoms with E-state index in [2.05, 4.69) is 28.2 Å². The third-order valence-corrected chi connectivity index (χ3v) is 4.66. The lowest BCUT2D eigenvalue weighted by Crippen LogP contribution is -2.22. The Balaban J connectivity index is 2.52. The molecule has 0 aromatic heterocycles. The molecule has 0 fully saturated rings. The second-order valence-corrected chi connectivity index (χ2v) is 6.25. The van der Waals surface area contributed by atoms with Crippen LogP contribution in [0.1, 0.15) is 24.1 Å². The van der Waals surface area contributed by atoms with E-state index in [1.54, 1.807) is 7.11 Å². The molecule has 2 aromatic rings. The lowest BCUT2D eigenvalue weighted by Gasteiger charge is -2.22. The number of nitrogens with one attached hydrogen (secondary N) is 1. The lowest BCUT2D eigenvalue weighted by atomic mass is 9.97. The van der Waals surface area contributed by atoms with Gasteiger partial charge in [0, 0.05) is 15.1 Å². The van der Waals surface area contributed by atoms with E-state index in [0.29, 0.717) is 10.0 Å². The first-order chi connectivity index (χ1) is 10.1. The Kier molecular flexibility index (Phi) is 5.94. The molecular weight excluding hydrogens is 373 g/mol. The molecule has 0 amide bonds. The van der Waals surface area contributed by atoms with Crippen molar-refractivity contribution in [1.29, 1.82) is 0 Å². The van der Waals surface area contributed by atoms with Gasteiger partial charge in [0.1, 0.15) is 5.75 Å². The van der Waals surface area contributed by atoms with Crippen LogP contribution in [-0.4, -0.2) is 13.7 Å². The van der Waals surface area contributed by atoms with Gasteiger partial charge in [-0.05, 0) is 58.4 Å². The molecule has 2 aromatic carbocycles. The first-order valence-electron chi connectivity index (χ1n) is 6.58. The van der Waals surface area contributed by atoms with E-state index in [9.17, 15) is 0 Å². The summed E-state index contributed by atoms with van der Waals surface area (Å²) in [4.78, 5) is 0. The molecule has 0 spiro atoms. The lowest BCUT2D eigenvalue weighted by molar-refractivity contribution is 0.404. The van der Waals surface area contributed by atoms with Crippen molar-refractivity contribution in [2.45, 2.75) is 13.0 Å². The second-order valence-electron chi connectivity index (χ2n) is 4.55. The summed E-state index contributed by atoms with van der Waals surface area (Å²) < 4.78 is 6.34. The molecule has 112 valence electrons. The van der Waals surface area contributed by atoms with Crippen molar-refractivity contribution < 1.29 is 4.74 Å². The van der Waals surface area contributed by atoms with E-state index in [0.717, 1.165) is 27.9 Å². The summed E-state index contributed by atoms with van der Waals surface area (Å²) in [5.41, 5.74) is 2.05. The van der Waals surface area contributed by atoms with Gasteiger partial charge >= 0.3 is 0 Å². The fourth-order valence-electron chi connectivity index (χ4n) is 2.23. The van der Waals surface area contributed by atoms with E-state index >= 15 is 0 Å². The highest BCUT2D eigenvalue weighted by Gasteiger charge is 2.18. The van der Waals surface area contributed by atoms with Gasteiger partial charge in [0.05, 0.1) is 18.2 Å². The fraction of sp³-hybridized carbons (Fsp3) is 0.250. The maximum atomic E-state index is 6.22. The van der Waals surface area contributed by atoms with Crippen molar-refractivity contribution in [2.75, 3.05) is 13.7 Å². The zero-order valence-corrected chi connectivity index (χ0v) is 14.9. The van der Waals surface area contributed by atoms with Gasteiger partial charge in [-0.2, -0.15) is 0 Å². The number of hydrogen-bond acceptors (Lipinski definition) is 2. The van der Waals surface area contributed by atoms with E-state index < -0.39 is 0 Å². The largest absolute Gasteiger partial charge is 0.496 e. The van der Waals surface area contributed by atoms with Crippen LogP contribution in [0.3, 0.4) is 0 Å². The summed E-state index contributed by atoms with van der Waals surface area (Å²) in [5.74, 6) is 0.796. The molecule has 0 aliphatic carbocycles. The van der Waals surface area contributed by atoms with Crippen molar-refractivity contribution in [2.24, 2.45) is 0 Å². The molecule has 0 bridgehead atoms. The molecule has 0 heterocycles. The molecule has 2 rings (SSSR count). The Bertz CT molecular complexity index is 634. The van der Waals surface area contributed by atoms with Crippen LogP contribution in [0.5, 0.6) is 5.75 Å². The van der Waals surface area contributed by atoms with Crippen LogP contribution in [-0.2, 0) is 0 Å². The van der Waals surface area contributed by atoms with Crippen LogP contribution in [0, 0.1) is 0 Å². The van der Waals surface area contributed by atoms with Gasteiger partial charge in [-0.3, -0.25) is 0 Å². The first kappa shape index (κ1) is 16.6. The number of methoxy groups -OCH3 is 1. The van der Waals surface area contributed by atoms with Crippen molar-refractivity contribution in [1.82, 2.24) is 5.32 Å². The molecule has 0 saturated heterocycles. The molecule has 1 N–H and O–H groups in total. The first-order valence-corrected chi connectivity index (χ1v) is 8.13. The minimum atomic E-state index is -0.0331.